The lowest BCUT2D eigenvalue weighted by Crippen LogP contribution is -2.31. The summed E-state index contributed by atoms with van der Waals surface area (Å²) in [6.45, 7) is 2.07. The number of hydrogen-bond acceptors (Lipinski definition) is 4. The second kappa shape index (κ2) is 6.59. The number of para-hydroxylation sites is 2. The standard InChI is InChI=1S/C15H19NO2S/c1-3-12(16)15(11-8-9-19-10-11)18-14-7-5-4-6-13(14)17-2/h4-10,12,15H,3,16H2,1-2H3. The molecule has 102 valence electrons. The predicted octanol–water partition coefficient (Wildman–Crippen LogP) is 3.61. The van der Waals surface area contributed by atoms with Gasteiger partial charge in [-0.05, 0) is 35.4 Å². The molecular formula is C15H19NO2S. The van der Waals surface area contributed by atoms with Gasteiger partial charge in [0.2, 0.25) is 0 Å². The molecule has 3 nitrogen and oxygen atoms in total. The topological polar surface area (TPSA) is 44.5 Å². The van der Waals surface area contributed by atoms with E-state index < -0.39 is 0 Å². The Bertz CT molecular complexity index is 499. The number of benzene rings is 1. The van der Waals surface area contributed by atoms with Crippen LogP contribution in [0.2, 0.25) is 0 Å². The van der Waals surface area contributed by atoms with Crippen molar-refractivity contribution in [1.29, 1.82) is 0 Å². The Morgan fingerprint density at radius 2 is 1.95 bits per heavy atom. The molecule has 2 N–H and O–H groups in total. The van der Waals surface area contributed by atoms with Gasteiger partial charge in [-0.2, -0.15) is 11.3 Å². The summed E-state index contributed by atoms with van der Waals surface area (Å²) in [5.41, 5.74) is 7.30. The minimum Gasteiger partial charge on any atom is -0.493 e. The average Bonchev–Trinajstić information content (AvgIpc) is 2.98. The Balaban J connectivity index is 2.25. The molecule has 2 aromatic rings. The predicted molar refractivity (Wildman–Crippen MR) is 78.9 cm³/mol. The lowest BCUT2D eigenvalue weighted by Gasteiger charge is -2.24. The summed E-state index contributed by atoms with van der Waals surface area (Å²) < 4.78 is 11.4. The van der Waals surface area contributed by atoms with Crippen molar-refractivity contribution in [2.45, 2.75) is 25.5 Å². The molecule has 1 aromatic carbocycles. The van der Waals surface area contributed by atoms with Crippen LogP contribution in [0.4, 0.5) is 0 Å². The molecule has 2 unspecified atom stereocenters. The molecule has 19 heavy (non-hydrogen) atoms. The largest absolute Gasteiger partial charge is 0.493 e. The number of rotatable bonds is 6. The van der Waals surface area contributed by atoms with E-state index in [0.29, 0.717) is 0 Å². The summed E-state index contributed by atoms with van der Waals surface area (Å²) in [7, 11) is 1.64. The zero-order valence-corrected chi connectivity index (χ0v) is 12.0. The van der Waals surface area contributed by atoms with Gasteiger partial charge >= 0.3 is 0 Å². The van der Waals surface area contributed by atoms with Crippen molar-refractivity contribution in [3.05, 3.63) is 46.7 Å². The Morgan fingerprint density at radius 1 is 1.21 bits per heavy atom. The van der Waals surface area contributed by atoms with Gasteiger partial charge in [-0.15, -0.1) is 0 Å². The lowest BCUT2D eigenvalue weighted by atomic mass is 10.0. The monoisotopic (exact) mass is 277 g/mol. The van der Waals surface area contributed by atoms with E-state index in [0.717, 1.165) is 23.5 Å². The number of thiophene rings is 1. The van der Waals surface area contributed by atoms with Crippen LogP contribution in [0.1, 0.15) is 25.0 Å². The van der Waals surface area contributed by atoms with Gasteiger partial charge < -0.3 is 15.2 Å². The molecule has 0 fully saturated rings. The molecule has 0 aliphatic heterocycles. The van der Waals surface area contributed by atoms with Crippen LogP contribution in [-0.4, -0.2) is 13.2 Å². The maximum absolute atomic E-state index is 6.19. The molecule has 2 rings (SSSR count). The van der Waals surface area contributed by atoms with Crippen molar-refractivity contribution in [2.24, 2.45) is 5.73 Å². The van der Waals surface area contributed by atoms with E-state index in [1.807, 2.05) is 29.6 Å². The SMILES string of the molecule is CCC(N)C(Oc1ccccc1OC)c1ccsc1. The third-order valence-electron chi connectivity index (χ3n) is 3.05. The molecule has 1 heterocycles. The first kappa shape index (κ1) is 13.9. The molecule has 0 aliphatic carbocycles. The van der Waals surface area contributed by atoms with E-state index in [4.69, 9.17) is 15.2 Å². The maximum atomic E-state index is 6.19. The fourth-order valence-electron chi connectivity index (χ4n) is 1.91. The van der Waals surface area contributed by atoms with Crippen molar-refractivity contribution in [3.63, 3.8) is 0 Å². The molecule has 0 radical (unpaired) electrons. The highest BCUT2D eigenvalue weighted by atomic mass is 32.1. The summed E-state index contributed by atoms with van der Waals surface area (Å²) in [4.78, 5) is 0. The van der Waals surface area contributed by atoms with Crippen LogP contribution >= 0.6 is 11.3 Å². The summed E-state index contributed by atoms with van der Waals surface area (Å²) in [6.07, 6.45) is 0.711. The van der Waals surface area contributed by atoms with Crippen LogP contribution in [0.15, 0.2) is 41.1 Å². The average molecular weight is 277 g/mol. The first-order chi connectivity index (χ1) is 9.26. The Labute approximate surface area is 118 Å². The maximum Gasteiger partial charge on any atom is 0.162 e. The van der Waals surface area contributed by atoms with Crippen molar-refractivity contribution < 1.29 is 9.47 Å². The summed E-state index contributed by atoms with van der Waals surface area (Å²) in [6, 6.07) is 9.66. The van der Waals surface area contributed by atoms with Crippen molar-refractivity contribution in [1.82, 2.24) is 0 Å². The number of ether oxygens (including phenoxy) is 2. The minimum atomic E-state index is -0.146. The quantitative estimate of drug-likeness (QED) is 0.877. The second-order valence-electron chi connectivity index (χ2n) is 4.32. The van der Waals surface area contributed by atoms with E-state index in [2.05, 4.69) is 18.4 Å². The van der Waals surface area contributed by atoms with E-state index in [-0.39, 0.29) is 12.1 Å². The van der Waals surface area contributed by atoms with Crippen molar-refractivity contribution >= 4 is 11.3 Å². The summed E-state index contributed by atoms with van der Waals surface area (Å²) in [5.74, 6) is 1.45. The second-order valence-corrected chi connectivity index (χ2v) is 5.10. The third-order valence-corrected chi connectivity index (χ3v) is 3.76. The van der Waals surface area contributed by atoms with E-state index in [1.165, 1.54) is 0 Å². The lowest BCUT2D eigenvalue weighted by molar-refractivity contribution is 0.165. The van der Waals surface area contributed by atoms with E-state index in [9.17, 15) is 0 Å². The van der Waals surface area contributed by atoms with E-state index >= 15 is 0 Å². The van der Waals surface area contributed by atoms with Gasteiger partial charge in [0.15, 0.2) is 11.5 Å². The van der Waals surface area contributed by atoms with Gasteiger partial charge in [0, 0.05) is 11.6 Å². The van der Waals surface area contributed by atoms with Gasteiger partial charge in [0.05, 0.1) is 7.11 Å². The molecule has 0 aliphatic rings. The van der Waals surface area contributed by atoms with Crippen LogP contribution in [-0.2, 0) is 0 Å². The van der Waals surface area contributed by atoms with Gasteiger partial charge in [0.25, 0.3) is 0 Å². The van der Waals surface area contributed by atoms with Crippen molar-refractivity contribution in [3.8, 4) is 11.5 Å². The number of methoxy groups -OCH3 is 1. The first-order valence-electron chi connectivity index (χ1n) is 6.33. The van der Waals surface area contributed by atoms with Gasteiger partial charge in [0.1, 0.15) is 6.10 Å². The molecule has 0 amide bonds. The number of nitrogens with two attached hydrogens (primary N) is 1. The summed E-state index contributed by atoms with van der Waals surface area (Å²) >= 11 is 1.65. The molecule has 1 aromatic heterocycles. The third kappa shape index (κ3) is 3.28. The molecule has 0 spiro atoms. The van der Waals surface area contributed by atoms with Gasteiger partial charge in [-0.25, -0.2) is 0 Å². The highest BCUT2D eigenvalue weighted by molar-refractivity contribution is 7.07. The molecule has 0 saturated carbocycles. The van der Waals surface area contributed by atoms with Crippen LogP contribution in [0.3, 0.4) is 0 Å². The van der Waals surface area contributed by atoms with Crippen LogP contribution in [0, 0.1) is 0 Å². The first-order valence-corrected chi connectivity index (χ1v) is 7.28. The summed E-state index contributed by atoms with van der Waals surface area (Å²) in [5, 5.41) is 4.12. The molecule has 4 heteroatoms. The Kier molecular flexibility index (Phi) is 4.82. The van der Waals surface area contributed by atoms with Crippen LogP contribution in [0.5, 0.6) is 11.5 Å². The fraction of sp³-hybridized carbons (Fsp3) is 0.333. The zero-order valence-electron chi connectivity index (χ0n) is 11.2. The normalized spacial score (nSPS) is 13.8. The molecule has 0 bridgehead atoms. The fourth-order valence-corrected chi connectivity index (χ4v) is 2.59. The highest BCUT2D eigenvalue weighted by Gasteiger charge is 2.22. The smallest absolute Gasteiger partial charge is 0.162 e. The highest BCUT2D eigenvalue weighted by Crippen LogP contribution is 2.33. The Morgan fingerprint density at radius 3 is 2.53 bits per heavy atom. The van der Waals surface area contributed by atoms with Crippen molar-refractivity contribution in [2.75, 3.05) is 7.11 Å². The minimum absolute atomic E-state index is 0.0421. The number of hydrogen-bond donors (Lipinski definition) is 1. The van der Waals surface area contributed by atoms with Crippen LogP contribution < -0.4 is 15.2 Å². The zero-order chi connectivity index (χ0) is 13.7. The Hall–Kier alpha value is -1.52. The molecule has 0 saturated heterocycles. The van der Waals surface area contributed by atoms with E-state index in [1.54, 1.807) is 18.4 Å². The van der Waals surface area contributed by atoms with Crippen LogP contribution in [0.25, 0.3) is 0 Å². The molecular weight excluding hydrogens is 258 g/mol. The van der Waals surface area contributed by atoms with Gasteiger partial charge in [-0.1, -0.05) is 19.1 Å². The molecule has 2 atom stereocenters. The van der Waals surface area contributed by atoms with Gasteiger partial charge in [-0.3, -0.25) is 0 Å².